The molecule has 0 saturated carbocycles. The zero-order valence-electron chi connectivity index (χ0n) is 6.29. The molecule has 6 heteroatoms. The second kappa shape index (κ2) is 3.25. The maximum Gasteiger partial charge on any atom is 0.218 e. The average molecular weight is 180 g/mol. The second-order valence-electron chi connectivity index (χ2n) is 2.82. The Hall–Kier alpha value is -0.240. The van der Waals surface area contributed by atoms with Crippen LogP contribution >= 0.6 is 0 Å². The van der Waals surface area contributed by atoms with Gasteiger partial charge in [0.1, 0.15) is 18.3 Å². The number of hydrogen-bond acceptors (Lipinski definition) is 6. The van der Waals surface area contributed by atoms with E-state index in [2.05, 4.69) is 4.74 Å². The summed E-state index contributed by atoms with van der Waals surface area (Å²) in [5, 5.41) is 45.0. The minimum Gasteiger partial charge on any atom is -0.391 e. The molecule has 1 rings (SSSR count). The summed E-state index contributed by atoms with van der Waals surface area (Å²) in [6, 6.07) is 0. The second-order valence-corrected chi connectivity index (χ2v) is 2.82. The summed E-state index contributed by atoms with van der Waals surface area (Å²) in [5.74, 6) is -2.17. The van der Waals surface area contributed by atoms with Crippen molar-refractivity contribution in [1.82, 2.24) is 0 Å². The summed E-state index contributed by atoms with van der Waals surface area (Å²) in [7, 11) is 0. The molecule has 1 heterocycles. The van der Waals surface area contributed by atoms with E-state index in [-0.39, 0.29) is 6.61 Å². The molecule has 1 aliphatic rings. The van der Waals surface area contributed by atoms with E-state index in [1.807, 2.05) is 0 Å². The van der Waals surface area contributed by atoms with E-state index in [0.717, 1.165) is 0 Å². The van der Waals surface area contributed by atoms with Crippen LogP contribution in [0.25, 0.3) is 0 Å². The van der Waals surface area contributed by atoms with Gasteiger partial charge in [-0.3, -0.25) is 0 Å². The van der Waals surface area contributed by atoms with Crippen molar-refractivity contribution in [2.45, 2.75) is 24.1 Å². The fourth-order valence-corrected chi connectivity index (χ4v) is 1.03. The van der Waals surface area contributed by atoms with Gasteiger partial charge in [0.2, 0.25) is 5.79 Å². The molecular formula is C6H12O6. The number of aliphatic hydroxyl groups is 5. The SMILES string of the molecule is OC[C@]1(O)OC[C@@H](O)[C@@H](O)C1O. The Morgan fingerprint density at radius 1 is 1.33 bits per heavy atom. The molecule has 0 amide bonds. The van der Waals surface area contributed by atoms with Crippen molar-refractivity contribution >= 4 is 0 Å². The van der Waals surface area contributed by atoms with E-state index in [1.165, 1.54) is 0 Å². The van der Waals surface area contributed by atoms with Gasteiger partial charge in [-0.2, -0.15) is 0 Å². The standard InChI is InChI=1S/C6H12O6/c7-2-6(11)5(10)4(9)3(8)1-12-6/h3-5,7-11H,1-2H2/t3-,4-,5?,6+/m1/s1. The highest BCUT2D eigenvalue weighted by atomic mass is 16.7. The van der Waals surface area contributed by atoms with Crippen molar-refractivity contribution in [3.05, 3.63) is 0 Å². The highest BCUT2D eigenvalue weighted by Crippen LogP contribution is 2.22. The zero-order chi connectivity index (χ0) is 9.35. The fraction of sp³-hybridized carbons (Fsp3) is 1.00. The van der Waals surface area contributed by atoms with Crippen LogP contribution in [0.4, 0.5) is 0 Å². The fourth-order valence-electron chi connectivity index (χ4n) is 1.03. The molecule has 1 fully saturated rings. The molecule has 0 radical (unpaired) electrons. The summed E-state index contributed by atoms with van der Waals surface area (Å²) < 4.78 is 4.56. The molecule has 72 valence electrons. The average Bonchev–Trinajstić information content (AvgIpc) is 2.09. The molecule has 4 atom stereocenters. The van der Waals surface area contributed by atoms with Crippen LogP contribution in [0.5, 0.6) is 0 Å². The summed E-state index contributed by atoms with van der Waals surface area (Å²) in [4.78, 5) is 0. The predicted octanol–water partition coefficient (Wildman–Crippen LogP) is -3.22. The lowest BCUT2D eigenvalue weighted by atomic mass is 9.98. The van der Waals surface area contributed by atoms with Crippen molar-refractivity contribution < 1.29 is 30.3 Å². The van der Waals surface area contributed by atoms with Gasteiger partial charge in [-0.05, 0) is 0 Å². The van der Waals surface area contributed by atoms with Gasteiger partial charge < -0.3 is 30.3 Å². The lowest BCUT2D eigenvalue weighted by Crippen LogP contribution is -2.62. The van der Waals surface area contributed by atoms with Gasteiger partial charge in [0.05, 0.1) is 13.2 Å². The molecule has 1 aliphatic heterocycles. The molecule has 5 N–H and O–H groups in total. The van der Waals surface area contributed by atoms with Crippen LogP contribution in [-0.4, -0.2) is 62.8 Å². The van der Waals surface area contributed by atoms with Crippen LogP contribution in [0.1, 0.15) is 0 Å². The van der Waals surface area contributed by atoms with E-state index in [1.54, 1.807) is 0 Å². The van der Waals surface area contributed by atoms with Crippen LogP contribution < -0.4 is 0 Å². The molecule has 1 unspecified atom stereocenters. The molecule has 0 aromatic rings. The van der Waals surface area contributed by atoms with Gasteiger partial charge >= 0.3 is 0 Å². The normalized spacial score (nSPS) is 49.2. The van der Waals surface area contributed by atoms with Gasteiger partial charge in [0.15, 0.2) is 0 Å². The van der Waals surface area contributed by atoms with Crippen molar-refractivity contribution in [3.63, 3.8) is 0 Å². The lowest BCUT2D eigenvalue weighted by Gasteiger charge is -2.40. The molecule has 0 aromatic heterocycles. The number of rotatable bonds is 1. The van der Waals surface area contributed by atoms with E-state index >= 15 is 0 Å². The summed E-state index contributed by atoms with van der Waals surface area (Å²) in [5.41, 5.74) is 0. The van der Waals surface area contributed by atoms with Gasteiger partial charge in [-0.1, -0.05) is 0 Å². The third-order valence-electron chi connectivity index (χ3n) is 1.91. The van der Waals surface area contributed by atoms with Gasteiger partial charge in [-0.25, -0.2) is 0 Å². The maximum atomic E-state index is 9.24. The predicted molar refractivity (Wildman–Crippen MR) is 36.0 cm³/mol. The minimum absolute atomic E-state index is 0.324. The van der Waals surface area contributed by atoms with Gasteiger partial charge in [0.25, 0.3) is 0 Å². The van der Waals surface area contributed by atoms with Crippen LogP contribution in [0.3, 0.4) is 0 Å². The summed E-state index contributed by atoms with van der Waals surface area (Å²) in [6.07, 6.45) is -4.45. The third kappa shape index (κ3) is 1.45. The van der Waals surface area contributed by atoms with Crippen molar-refractivity contribution in [3.8, 4) is 0 Å². The highest BCUT2D eigenvalue weighted by molar-refractivity contribution is 4.90. The molecule has 1 saturated heterocycles. The van der Waals surface area contributed by atoms with Crippen molar-refractivity contribution in [1.29, 1.82) is 0 Å². The first-order chi connectivity index (χ1) is 5.51. The van der Waals surface area contributed by atoms with E-state index in [9.17, 15) is 5.11 Å². The maximum absolute atomic E-state index is 9.24. The Morgan fingerprint density at radius 2 is 1.92 bits per heavy atom. The molecule has 0 spiro atoms. The lowest BCUT2D eigenvalue weighted by molar-refractivity contribution is -0.331. The van der Waals surface area contributed by atoms with Crippen LogP contribution in [0.15, 0.2) is 0 Å². The summed E-state index contributed by atoms with van der Waals surface area (Å²) in [6.45, 7) is -1.16. The molecule has 6 nitrogen and oxygen atoms in total. The van der Waals surface area contributed by atoms with E-state index < -0.39 is 30.7 Å². The highest BCUT2D eigenvalue weighted by Gasteiger charge is 2.47. The Bertz CT molecular complexity index is 162. The quantitative estimate of drug-likeness (QED) is 0.290. The van der Waals surface area contributed by atoms with Crippen LogP contribution in [0, 0.1) is 0 Å². The molecular weight excluding hydrogens is 168 g/mol. The minimum atomic E-state index is -2.17. The number of ether oxygens (including phenoxy) is 1. The Morgan fingerprint density at radius 3 is 2.42 bits per heavy atom. The summed E-state index contributed by atoms with van der Waals surface area (Å²) >= 11 is 0. The Kier molecular flexibility index (Phi) is 2.67. The van der Waals surface area contributed by atoms with Gasteiger partial charge in [-0.15, -0.1) is 0 Å². The van der Waals surface area contributed by atoms with Crippen LogP contribution in [-0.2, 0) is 4.74 Å². The third-order valence-corrected chi connectivity index (χ3v) is 1.91. The topological polar surface area (TPSA) is 110 Å². The smallest absolute Gasteiger partial charge is 0.218 e. The monoisotopic (exact) mass is 180 g/mol. The zero-order valence-corrected chi connectivity index (χ0v) is 6.29. The number of aliphatic hydroxyl groups excluding tert-OH is 4. The van der Waals surface area contributed by atoms with Crippen molar-refractivity contribution in [2.75, 3.05) is 13.2 Å². The first kappa shape index (κ1) is 9.85. The Labute approximate surface area is 68.6 Å². The first-order valence-corrected chi connectivity index (χ1v) is 3.52. The largest absolute Gasteiger partial charge is 0.391 e. The van der Waals surface area contributed by atoms with Crippen molar-refractivity contribution in [2.24, 2.45) is 0 Å². The molecule has 0 bridgehead atoms. The molecule has 0 aromatic carbocycles. The molecule has 12 heavy (non-hydrogen) atoms. The number of hydrogen-bond donors (Lipinski definition) is 5. The first-order valence-electron chi connectivity index (χ1n) is 3.52. The van der Waals surface area contributed by atoms with Crippen LogP contribution in [0.2, 0.25) is 0 Å². The Balaban J connectivity index is 2.71. The molecule has 0 aliphatic carbocycles. The van der Waals surface area contributed by atoms with E-state index in [4.69, 9.17) is 20.4 Å². The van der Waals surface area contributed by atoms with E-state index in [0.29, 0.717) is 0 Å². The van der Waals surface area contributed by atoms with Gasteiger partial charge in [0, 0.05) is 0 Å².